The minimum Gasteiger partial charge on any atom is -0.506 e. The summed E-state index contributed by atoms with van der Waals surface area (Å²) in [6.45, 7) is 12.1. The molecule has 1 atom stereocenters. The Kier molecular flexibility index (Phi) is 11.0. The highest BCUT2D eigenvalue weighted by Crippen LogP contribution is 2.41. The molecular formula is C42H46N4O6Si. The molecule has 2 aromatic heterocycles. The number of H-pyrrole nitrogens is 1. The number of aromatic amines is 1. The molecule has 0 radical (unpaired) electrons. The number of nitrogens with one attached hydrogen (secondary N) is 3. The van der Waals surface area contributed by atoms with Gasteiger partial charge >= 0.3 is 6.09 Å². The monoisotopic (exact) mass is 730 g/mol. The fourth-order valence-electron chi connectivity index (χ4n) is 6.05. The molecule has 0 aliphatic heterocycles. The number of anilines is 1. The number of pyridine rings is 1. The first-order chi connectivity index (χ1) is 25.3. The summed E-state index contributed by atoms with van der Waals surface area (Å²) in [5.41, 5.74) is 6.73. The van der Waals surface area contributed by atoms with E-state index in [-0.39, 0.29) is 22.5 Å². The molecule has 5 N–H and O–H groups in total. The van der Waals surface area contributed by atoms with Gasteiger partial charge in [-0.3, -0.25) is 10.1 Å². The van der Waals surface area contributed by atoms with Crippen molar-refractivity contribution < 1.29 is 23.9 Å². The van der Waals surface area contributed by atoms with Gasteiger partial charge in [0.1, 0.15) is 11.3 Å². The number of nitrogens with zero attached hydrogens (tertiary/aromatic N) is 1. The molecule has 11 heteroatoms. The Morgan fingerprint density at radius 2 is 1.81 bits per heavy atom. The molecule has 0 aliphatic rings. The van der Waals surface area contributed by atoms with E-state index in [9.17, 15) is 19.8 Å². The van der Waals surface area contributed by atoms with Gasteiger partial charge < -0.3 is 29.4 Å². The van der Waals surface area contributed by atoms with Crippen molar-refractivity contribution in [3.63, 3.8) is 0 Å². The molecule has 0 saturated carbocycles. The lowest BCUT2D eigenvalue weighted by Crippen LogP contribution is -2.43. The van der Waals surface area contributed by atoms with E-state index in [4.69, 9.17) is 8.84 Å². The standard InChI is InChI=1S/C42H46N4O6Si/c1-42(2,3)53(4,5)52-37(31-18-21-35(47)40-32(31)19-22-38(48)46-40)26-43-25-28-16-20-33-36(24-28)51-39(44-33)14-10-9-11-27-15-17-30(29-12-7-6-8-13-29)34(23-27)45-41(49)50/h6-9,11-13,15-24,37,43,45,47H,10,14,25-26H2,1-5H3,(H,46,48)(H,49,50)/t37-/m0/s1. The Balaban J connectivity index is 1.11. The maximum atomic E-state index is 12.1. The summed E-state index contributed by atoms with van der Waals surface area (Å²) in [4.78, 5) is 31.0. The molecule has 6 aromatic rings. The second-order valence-corrected chi connectivity index (χ2v) is 19.5. The Bertz CT molecular complexity index is 2320. The van der Waals surface area contributed by atoms with Crippen LogP contribution < -0.4 is 16.2 Å². The van der Waals surface area contributed by atoms with Gasteiger partial charge in [-0.2, -0.15) is 0 Å². The summed E-state index contributed by atoms with van der Waals surface area (Å²) in [6.07, 6.45) is 3.87. The minimum atomic E-state index is -2.21. The number of phenols is 1. The number of phenolic OH excluding ortho intramolecular Hbond substituents is 1. The highest BCUT2D eigenvalue weighted by atomic mass is 28.4. The van der Waals surface area contributed by atoms with Crippen LogP contribution in [0.3, 0.4) is 0 Å². The zero-order chi connectivity index (χ0) is 37.8. The third-order valence-corrected chi connectivity index (χ3v) is 14.3. The van der Waals surface area contributed by atoms with Gasteiger partial charge in [0.25, 0.3) is 0 Å². The van der Waals surface area contributed by atoms with Crippen LogP contribution in [-0.2, 0) is 17.4 Å². The van der Waals surface area contributed by atoms with E-state index in [1.807, 2.05) is 84.9 Å². The van der Waals surface area contributed by atoms with Crippen molar-refractivity contribution in [2.24, 2.45) is 0 Å². The van der Waals surface area contributed by atoms with E-state index in [1.165, 1.54) is 6.07 Å². The van der Waals surface area contributed by atoms with E-state index in [2.05, 4.69) is 54.5 Å². The van der Waals surface area contributed by atoms with E-state index in [0.29, 0.717) is 48.6 Å². The predicted molar refractivity (Wildman–Crippen MR) is 214 cm³/mol. The molecule has 0 aliphatic carbocycles. The average molecular weight is 731 g/mol. The molecule has 0 bridgehead atoms. The Hall–Kier alpha value is -5.49. The number of carbonyl (C=O) groups is 1. The van der Waals surface area contributed by atoms with Crippen LogP contribution in [0.4, 0.5) is 10.5 Å². The number of fused-ring (bicyclic) bond motifs is 2. The lowest BCUT2D eigenvalue weighted by atomic mass is 10.0. The van der Waals surface area contributed by atoms with E-state index in [1.54, 1.807) is 12.1 Å². The summed E-state index contributed by atoms with van der Waals surface area (Å²) >= 11 is 0. The lowest BCUT2D eigenvalue weighted by molar-refractivity contribution is 0.181. The fraction of sp³-hybridized carbons (Fsp3) is 0.262. The third-order valence-electron chi connectivity index (χ3n) is 9.86. The van der Waals surface area contributed by atoms with Crippen LogP contribution in [-0.4, -0.2) is 41.1 Å². The molecule has 1 amide bonds. The normalized spacial score (nSPS) is 12.8. The quantitative estimate of drug-likeness (QED) is 0.0738. The zero-order valence-corrected chi connectivity index (χ0v) is 31.7. The van der Waals surface area contributed by atoms with Crippen LogP contribution >= 0.6 is 0 Å². The van der Waals surface area contributed by atoms with Gasteiger partial charge in [0.15, 0.2) is 19.8 Å². The topological polar surface area (TPSA) is 150 Å². The molecule has 10 nitrogen and oxygen atoms in total. The molecule has 6 rings (SSSR count). The summed E-state index contributed by atoms with van der Waals surface area (Å²) in [7, 11) is -2.21. The van der Waals surface area contributed by atoms with Crippen molar-refractivity contribution >= 4 is 48.2 Å². The van der Waals surface area contributed by atoms with Crippen molar-refractivity contribution in [3.8, 4) is 16.9 Å². The molecular weight excluding hydrogens is 685 g/mol. The Labute approximate surface area is 309 Å². The highest BCUT2D eigenvalue weighted by molar-refractivity contribution is 6.74. The van der Waals surface area contributed by atoms with E-state index in [0.717, 1.165) is 38.7 Å². The lowest BCUT2D eigenvalue weighted by Gasteiger charge is -2.39. The molecule has 274 valence electrons. The van der Waals surface area contributed by atoms with Gasteiger partial charge in [-0.25, -0.2) is 9.78 Å². The number of aryl methyl sites for hydroxylation is 1. The number of oxazole rings is 1. The molecule has 2 heterocycles. The van der Waals surface area contributed by atoms with Gasteiger partial charge in [-0.05, 0) is 77.1 Å². The second-order valence-electron chi connectivity index (χ2n) is 14.7. The number of aromatic nitrogens is 2. The van der Waals surface area contributed by atoms with Gasteiger partial charge in [-0.1, -0.05) is 87.5 Å². The van der Waals surface area contributed by atoms with Crippen LogP contribution in [0.25, 0.3) is 39.2 Å². The number of amides is 1. The fourth-order valence-corrected chi connectivity index (χ4v) is 7.32. The Morgan fingerprint density at radius 1 is 1.02 bits per heavy atom. The van der Waals surface area contributed by atoms with Crippen LogP contribution in [0.5, 0.6) is 5.75 Å². The van der Waals surface area contributed by atoms with Gasteiger partial charge in [-0.15, -0.1) is 0 Å². The first kappa shape index (κ1) is 37.3. The predicted octanol–water partition coefficient (Wildman–Crippen LogP) is 9.63. The number of hydrogen-bond acceptors (Lipinski definition) is 7. The highest BCUT2D eigenvalue weighted by Gasteiger charge is 2.39. The number of rotatable bonds is 13. The van der Waals surface area contributed by atoms with Crippen molar-refractivity contribution in [2.75, 3.05) is 11.9 Å². The van der Waals surface area contributed by atoms with Crippen molar-refractivity contribution in [2.45, 2.75) is 64.4 Å². The van der Waals surface area contributed by atoms with Gasteiger partial charge in [0.2, 0.25) is 5.56 Å². The van der Waals surface area contributed by atoms with Crippen LogP contribution in [0.1, 0.15) is 55.9 Å². The smallest absolute Gasteiger partial charge is 0.409 e. The van der Waals surface area contributed by atoms with Crippen LogP contribution in [0.2, 0.25) is 18.1 Å². The third kappa shape index (κ3) is 8.94. The summed E-state index contributed by atoms with van der Waals surface area (Å²) in [6, 6.07) is 28.1. The second kappa shape index (κ2) is 15.6. The SMILES string of the molecule is CC(C)(C)[Si](C)(C)O[C@@H](CNCc1ccc2nc(CCC=Cc3ccc(-c4ccccc4)c(NC(=O)O)c3)oc2c1)c1ccc(O)c2[nH]c(=O)ccc12. The maximum Gasteiger partial charge on any atom is 0.409 e. The number of aromatic hydroxyl groups is 1. The van der Waals surface area contributed by atoms with E-state index >= 15 is 0 Å². The van der Waals surface area contributed by atoms with Gasteiger partial charge in [0, 0.05) is 36.5 Å². The number of carboxylic acid groups (broad SMARTS) is 1. The van der Waals surface area contributed by atoms with Gasteiger partial charge in [0.05, 0.1) is 17.3 Å². The minimum absolute atomic E-state index is 0.0196. The number of benzene rings is 4. The first-order valence-corrected chi connectivity index (χ1v) is 20.7. The molecule has 4 aromatic carbocycles. The Morgan fingerprint density at radius 3 is 2.57 bits per heavy atom. The van der Waals surface area contributed by atoms with E-state index < -0.39 is 14.4 Å². The van der Waals surface area contributed by atoms with Crippen molar-refractivity contribution in [3.05, 3.63) is 130 Å². The maximum absolute atomic E-state index is 12.1. The summed E-state index contributed by atoms with van der Waals surface area (Å²) < 4.78 is 13.1. The van der Waals surface area contributed by atoms with Crippen molar-refractivity contribution in [1.29, 1.82) is 0 Å². The number of allylic oxidation sites excluding steroid dienone is 1. The molecule has 0 saturated heterocycles. The largest absolute Gasteiger partial charge is 0.506 e. The van der Waals surface area contributed by atoms with Crippen LogP contribution in [0, 0.1) is 0 Å². The summed E-state index contributed by atoms with van der Waals surface area (Å²) in [5, 5.41) is 26.7. The van der Waals surface area contributed by atoms with Crippen molar-refractivity contribution in [1.82, 2.24) is 15.3 Å². The average Bonchev–Trinajstić information content (AvgIpc) is 3.52. The summed E-state index contributed by atoms with van der Waals surface area (Å²) in [5.74, 6) is 0.664. The molecule has 0 spiro atoms. The zero-order valence-electron chi connectivity index (χ0n) is 30.7. The van der Waals surface area contributed by atoms with Crippen LogP contribution in [0.15, 0.2) is 106 Å². The molecule has 0 unspecified atom stereocenters. The number of hydrogen-bond donors (Lipinski definition) is 5. The molecule has 53 heavy (non-hydrogen) atoms. The first-order valence-electron chi connectivity index (χ1n) is 17.8. The molecule has 0 fully saturated rings.